The maximum Gasteiger partial charge on any atom is 0.306 e. The van der Waals surface area contributed by atoms with Crippen molar-refractivity contribution in [2.45, 2.75) is 380 Å². The molecule has 82 heavy (non-hydrogen) atoms. The average Bonchev–Trinajstić information content (AvgIpc) is 3.47. The molecule has 0 aromatic rings. The van der Waals surface area contributed by atoms with Gasteiger partial charge in [-0.1, -0.05) is 338 Å². The number of ether oxygens (including phenoxy) is 3. The number of hydrogen-bond donors (Lipinski definition) is 0. The molecule has 1 unspecified atom stereocenters. The van der Waals surface area contributed by atoms with E-state index in [1.165, 1.54) is 238 Å². The van der Waals surface area contributed by atoms with E-state index in [1.54, 1.807) is 0 Å². The van der Waals surface area contributed by atoms with Gasteiger partial charge in [0.25, 0.3) is 0 Å². The SMILES string of the molecule is CC/C=C\C/C=C\C/C=C\C/C=C\C/C=C\CCCCCCCCCCCCCCCCCCCCCC(=O)OCC(COC(=O)CCCCCCC/C=C\CCCCC)OC(=O)CCCCCCCCCCCCCCCCCCC. The van der Waals surface area contributed by atoms with Gasteiger partial charge in [0.05, 0.1) is 0 Å². The smallest absolute Gasteiger partial charge is 0.306 e. The Morgan fingerprint density at radius 1 is 0.256 bits per heavy atom. The molecule has 0 radical (unpaired) electrons. The van der Waals surface area contributed by atoms with Crippen molar-refractivity contribution >= 4 is 17.9 Å². The van der Waals surface area contributed by atoms with E-state index in [4.69, 9.17) is 14.2 Å². The number of carbonyl (C=O) groups is 3. The summed E-state index contributed by atoms with van der Waals surface area (Å²) >= 11 is 0. The molecular formula is C76H136O6. The summed E-state index contributed by atoms with van der Waals surface area (Å²) in [7, 11) is 0. The summed E-state index contributed by atoms with van der Waals surface area (Å²) in [5, 5.41) is 0. The minimum absolute atomic E-state index is 0.0712. The Balaban J connectivity index is 4.09. The van der Waals surface area contributed by atoms with Gasteiger partial charge in [-0.3, -0.25) is 14.4 Å². The van der Waals surface area contributed by atoms with Crippen LogP contribution >= 0.6 is 0 Å². The summed E-state index contributed by atoms with van der Waals surface area (Å²) in [6.45, 7) is 6.55. The van der Waals surface area contributed by atoms with Crippen LogP contribution in [0, 0.1) is 0 Å². The molecule has 0 aromatic carbocycles. The number of rotatable bonds is 66. The van der Waals surface area contributed by atoms with Gasteiger partial charge in [0.2, 0.25) is 0 Å². The molecule has 0 heterocycles. The van der Waals surface area contributed by atoms with Gasteiger partial charge < -0.3 is 14.2 Å². The van der Waals surface area contributed by atoms with E-state index >= 15 is 0 Å². The first-order valence-electron chi connectivity index (χ1n) is 35.9. The molecule has 6 nitrogen and oxygen atoms in total. The molecule has 0 amide bonds. The lowest BCUT2D eigenvalue weighted by Crippen LogP contribution is -2.30. The minimum atomic E-state index is -0.774. The molecule has 0 aliphatic carbocycles. The zero-order valence-electron chi connectivity index (χ0n) is 54.8. The molecule has 6 heteroatoms. The number of esters is 3. The zero-order chi connectivity index (χ0) is 59.2. The van der Waals surface area contributed by atoms with Gasteiger partial charge >= 0.3 is 17.9 Å². The van der Waals surface area contributed by atoms with Crippen LogP contribution in [0.4, 0.5) is 0 Å². The van der Waals surface area contributed by atoms with Crippen molar-refractivity contribution in [2.75, 3.05) is 13.2 Å². The maximum absolute atomic E-state index is 12.9. The molecule has 0 spiro atoms. The summed E-state index contributed by atoms with van der Waals surface area (Å²) in [6.07, 6.45) is 92.3. The summed E-state index contributed by atoms with van der Waals surface area (Å²) in [4.78, 5) is 38.4. The van der Waals surface area contributed by atoms with Crippen molar-refractivity contribution in [2.24, 2.45) is 0 Å². The molecule has 0 aromatic heterocycles. The minimum Gasteiger partial charge on any atom is -0.462 e. The molecule has 0 aliphatic rings. The van der Waals surface area contributed by atoms with Crippen LogP contribution in [0.2, 0.25) is 0 Å². The van der Waals surface area contributed by atoms with E-state index in [2.05, 4.69) is 93.7 Å². The monoisotopic (exact) mass is 1150 g/mol. The molecule has 0 saturated carbocycles. The highest BCUT2D eigenvalue weighted by Gasteiger charge is 2.19. The highest BCUT2D eigenvalue weighted by atomic mass is 16.6. The van der Waals surface area contributed by atoms with Crippen LogP contribution in [0.1, 0.15) is 374 Å². The normalized spacial score (nSPS) is 12.5. The van der Waals surface area contributed by atoms with Gasteiger partial charge in [0.1, 0.15) is 13.2 Å². The summed E-state index contributed by atoms with van der Waals surface area (Å²) in [5.74, 6) is -0.856. The van der Waals surface area contributed by atoms with Crippen molar-refractivity contribution < 1.29 is 28.6 Å². The Hall–Kier alpha value is -3.15. The molecule has 0 rings (SSSR count). The van der Waals surface area contributed by atoms with E-state index in [0.717, 1.165) is 96.3 Å². The number of hydrogen-bond acceptors (Lipinski definition) is 6. The molecular weight excluding hydrogens is 1010 g/mol. The summed E-state index contributed by atoms with van der Waals surface area (Å²) in [6, 6.07) is 0. The quantitative estimate of drug-likeness (QED) is 0.0261. The first kappa shape index (κ1) is 78.8. The Kier molecular flexibility index (Phi) is 67.6. The topological polar surface area (TPSA) is 78.9 Å². The lowest BCUT2D eigenvalue weighted by molar-refractivity contribution is -0.167. The van der Waals surface area contributed by atoms with Crippen LogP contribution in [-0.4, -0.2) is 37.2 Å². The fourth-order valence-electron chi connectivity index (χ4n) is 10.6. The standard InChI is InChI=1S/C76H136O6/c1-4-7-10-13-16-19-22-25-27-29-30-31-32-33-34-35-36-37-38-39-40-41-42-43-44-45-46-48-49-51-54-57-60-63-66-69-75(78)81-72-73(71-80-74(77)68-65-62-59-56-53-24-21-18-15-12-9-6-3)82-76(79)70-67-64-61-58-55-52-50-47-28-26-23-20-17-14-11-8-5-2/h7,10,16,18-19,21,25,27,30-31,33-34,73H,4-6,8-9,11-15,17,20,22-24,26,28-29,32,35-72H2,1-3H3/b10-7-,19-16-,21-18-,27-25-,31-30-,34-33-. The number of allylic oxidation sites excluding steroid dienone is 12. The van der Waals surface area contributed by atoms with Gasteiger partial charge in [0, 0.05) is 19.3 Å². The van der Waals surface area contributed by atoms with Crippen molar-refractivity contribution in [1.29, 1.82) is 0 Å². The average molecular weight is 1150 g/mol. The number of unbranched alkanes of at least 4 members (excludes halogenated alkanes) is 43. The summed E-state index contributed by atoms with van der Waals surface area (Å²) in [5.41, 5.74) is 0. The molecule has 1 atom stereocenters. The largest absolute Gasteiger partial charge is 0.462 e. The van der Waals surface area contributed by atoms with Crippen LogP contribution < -0.4 is 0 Å². The molecule has 0 fully saturated rings. The molecule has 476 valence electrons. The second-order valence-electron chi connectivity index (χ2n) is 24.1. The predicted molar refractivity (Wildman–Crippen MR) is 358 cm³/mol. The van der Waals surface area contributed by atoms with E-state index in [9.17, 15) is 14.4 Å². The van der Waals surface area contributed by atoms with Crippen LogP contribution in [0.15, 0.2) is 72.9 Å². The zero-order valence-corrected chi connectivity index (χ0v) is 54.8. The fraction of sp³-hybridized carbons (Fsp3) is 0.803. The molecule has 0 N–H and O–H groups in total. The molecule has 0 aliphatic heterocycles. The van der Waals surface area contributed by atoms with E-state index in [-0.39, 0.29) is 31.1 Å². The van der Waals surface area contributed by atoms with Crippen molar-refractivity contribution in [3.63, 3.8) is 0 Å². The van der Waals surface area contributed by atoms with Crippen LogP contribution in [-0.2, 0) is 28.6 Å². The predicted octanol–water partition coefficient (Wildman–Crippen LogP) is 24.8. The Morgan fingerprint density at radius 2 is 0.476 bits per heavy atom. The Morgan fingerprint density at radius 3 is 0.780 bits per heavy atom. The van der Waals surface area contributed by atoms with Crippen LogP contribution in [0.25, 0.3) is 0 Å². The van der Waals surface area contributed by atoms with Gasteiger partial charge in [-0.2, -0.15) is 0 Å². The first-order chi connectivity index (χ1) is 40.5. The first-order valence-corrected chi connectivity index (χ1v) is 35.9. The van der Waals surface area contributed by atoms with E-state index in [1.807, 2.05) is 0 Å². The highest BCUT2D eigenvalue weighted by Crippen LogP contribution is 2.18. The fourth-order valence-corrected chi connectivity index (χ4v) is 10.6. The van der Waals surface area contributed by atoms with Crippen molar-refractivity contribution in [3.8, 4) is 0 Å². The third-order valence-corrected chi connectivity index (χ3v) is 15.9. The van der Waals surface area contributed by atoms with Crippen LogP contribution in [0.3, 0.4) is 0 Å². The second-order valence-corrected chi connectivity index (χ2v) is 24.1. The summed E-state index contributed by atoms with van der Waals surface area (Å²) < 4.78 is 17.0. The van der Waals surface area contributed by atoms with E-state index in [0.29, 0.717) is 19.3 Å². The molecule has 0 bridgehead atoms. The van der Waals surface area contributed by atoms with Gasteiger partial charge in [0.15, 0.2) is 6.10 Å². The Labute approximate surface area is 510 Å². The van der Waals surface area contributed by atoms with Crippen LogP contribution in [0.5, 0.6) is 0 Å². The molecule has 0 saturated heterocycles. The van der Waals surface area contributed by atoms with Crippen molar-refractivity contribution in [3.05, 3.63) is 72.9 Å². The lowest BCUT2D eigenvalue weighted by Gasteiger charge is -2.18. The third-order valence-electron chi connectivity index (χ3n) is 15.9. The van der Waals surface area contributed by atoms with Gasteiger partial charge in [-0.25, -0.2) is 0 Å². The third kappa shape index (κ3) is 67.6. The van der Waals surface area contributed by atoms with Crippen molar-refractivity contribution in [1.82, 2.24) is 0 Å². The van der Waals surface area contributed by atoms with E-state index < -0.39 is 6.10 Å². The maximum atomic E-state index is 12.9. The lowest BCUT2D eigenvalue weighted by atomic mass is 10.0. The second kappa shape index (κ2) is 70.3. The highest BCUT2D eigenvalue weighted by molar-refractivity contribution is 5.71. The van der Waals surface area contributed by atoms with Gasteiger partial charge in [-0.15, -0.1) is 0 Å². The Bertz CT molecular complexity index is 1500. The number of carbonyl (C=O) groups excluding carboxylic acids is 3. The van der Waals surface area contributed by atoms with Gasteiger partial charge in [-0.05, 0) is 89.9 Å².